The van der Waals surface area contributed by atoms with E-state index in [-0.39, 0.29) is 11.3 Å². The van der Waals surface area contributed by atoms with E-state index in [0.29, 0.717) is 24.5 Å². The van der Waals surface area contributed by atoms with Crippen LogP contribution in [-0.4, -0.2) is 60.4 Å². The average Bonchev–Trinajstić information content (AvgIpc) is 3.07. The smallest absolute Gasteiger partial charge is 0.295 e. The van der Waals surface area contributed by atoms with Gasteiger partial charge in [0.15, 0.2) is 0 Å². The van der Waals surface area contributed by atoms with Crippen molar-refractivity contribution in [3.63, 3.8) is 0 Å². The molecular weight excluding hydrogens is 416 g/mol. The molecule has 3 rings (SSSR count). The second-order valence-corrected chi connectivity index (χ2v) is 8.62. The zero-order chi connectivity index (χ0) is 24.0. The molecule has 176 valence electrons. The van der Waals surface area contributed by atoms with E-state index >= 15 is 0 Å². The van der Waals surface area contributed by atoms with Gasteiger partial charge in [-0.05, 0) is 63.2 Å². The van der Waals surface area contributed by atoms with Crippen LogP contribution < -0.4 is 4.74 Å². The largest absolute Gasteiger partial charge is 0.507 e. The predicted octanol–water partition coefficient (Wildman–Crippen LogP) is 4.41. The van der Waals surface area contributed by atoms with Gasteiger partial charge in [0.2, 0.25) is 0 Å². The number of hydrogen-bond donors (Lipinski definition) is 1. The van der Waals surface area contributed by atoms with E-state index in [1.54, 1.807) is 23.1 Å². The highest BCUT2D eigenvalue weighted by Crippen LogP contribution is 2.39. The molecule has 6 heteroatoms. The molecule has 1 saturated heterocycles. The molecule has 2 aromatic rings. The van der Waals surface area contributed by atoms with Crippen LogP contribution in [0.2, 0.25) is 0 Å². The molecule has 1 amide bonds. The van der Waals surface area contributed by atoms with E-state index in [9.17, 15) is 14.7 Å². The second kappa shape index (κ2) is 11.1. The Bertz CT molecular complexity index is 1010. The number of aliphatic hydroxyl groups excluding tert-OH is 1. The number of Topliss-reactive ketones (excluding diaryl/α,β-unsaturated/α-hetero) is 1. The van der Waals surface area contributed by atoms with E-state index in [1.807, 2.05) is 56.3 Å². The first-order valence-electron chi connectivity index (χ1n) is 11.6. The minimum Gasteiger partial charge on any atom is -0.507 e. The molecule has 0 aliphatic carbocycles. The number of carbonyl (C=O) groups is 2. The lowest BCUT2D eigenvalue weighted by Gasteiger charge is -2.26. The molecule has 0 saturated carbocycles. The van der Waals surface area contributed by atoms with Crippen LogP contribution >= 0.6 is 0 Å². The number of benzene rings is 2. The number of nitrogens with zero attached hydrogens (tertiary/aromatic N) is 2. The number of ether oxygens (including phenoxy) is 1. The van der Waals surface area contributed by atoms with Gasteiger partial charge in [-0.1, -0.05) is 50.2 Å². The normalized spacial score (nSPS) is 17.7. The molecule has 1 heterocycles. The van der Waals surface area contributed by atoms with Gasteiger partial charge in [0.25, 0.3) is 11.7 Å². The molecular formula is C27H34N2O4. The Morgan fingerprint density at radius 2 is 1.82 bits per heavy atom. The molecule has 0 bridgehead atoms. The Balaban J connectivity index is 2.06. The number of likely N-dealkylation sites (tertiary alicyclic amines) is 1. The Hall–Kier alpha value is -3.12. The molecule has 0 spiro atoms. The van der Waals surface area contributed by atoms with Gasteiger partial charge in [-0.2, -0.15) is 0 Å². The number of ketones is 1. The third-order valence-corrected chi connectivity index (χ3v) is 5.83. The zero-order valence-electron chi connectivity index (χ0n) is 20.0. The zero-order valence-corrected chi connectivity index (χ0v) is 20.0. The van der Waals surface area contributed by atoms with Crippen LogP contribution in [0.25, 0.3) is 5.76 Å². The maximum Gasteiger partial charge on any atom is 0.295 e. The van der Waals surface area contributed by atoms with Crippen LogP contribution in [0.4, 0.5) is 0 Å². The Labute approximate surface area is 196 Å². The molecule has 0 radical (unpaired) electrons. The van der Waals surface area contributed by atoms with Crippen molar-refractivity contribution in [3.05, 3.63) is 70.8 Å². The number of aliphatic hydroxyl groups is 1. The maximum absolute atomic E-state index is 13.1. The van der Waals surface area contributed by atoms with Crippen molar-refractivity contribution in [1.29, 1.82) is 0 Å². The Kier molecular flexibility index (Phi) is 8.28. The first kappa shape index (κ1) is 24.5. The SMILES string of the molecule is CCCOc1cccc(/C(O)=C2/C(=O)C(=O)N(CCCN(C)C)C2c2ccc(CC)cc2)c1. The number of carbonyl (C=O) groups excluding carboxylic acids is 2. The first-order valence-corrected chi connectivity index (χ1v) is 11.6. The molecule has 1 aliphatic rings. The van der Waals surface area contributed by atoms with Crippen molar-refractivity contribution < 1.29 is 19.4 Å². The highest BCUT2D eigenvalue weighted by Gasteiger charge is 2.45. The molecule has 1 fully saturated rings. The highest BCUT2D eigenvalue weighted by atomic mass is 16.5. The fourth-order valence-corrected chi connectivity index (χ4v) is 4.06. The van der Waals surface area contributed by atoms with Crippen LogP contribution in [-0.2, 0) is 16.0 Å². The maximum atomic E-state index is 13.1. The van der Waals surface area contributed by atoms with Crippen molar-refractivity contribution in [3.8, 4) is 5.75 Å². The Morgan fingerprint density at radius 3 is 2.45 bits per heavy atom. The number of aryl methyl sites for hydroxylation is 1. The number of amides is 1. The van der Waals surface area contributed by atoms with Crippen molar-refractivity contribution in [1.82, 2.24) is 9.80 Å². The van der Waals surface area contributed by atoms with Crippen LogP contribution in [0.5, 0.6) is 5.75 Å². The minimum absolute atomic E-state index is 0.127. The second-order valence-electron chi connectivity index (χ2n) is 8.62. The van der Waals surface area contributed by atoms with Crippen LogP contribution in [0.15, 0.2) is 54.1 Å². The summed E-state index contributed by atoms with van der Waals surface area (Å²) in [6.07, 6.45) is 2.49. The van der Waals surface area contributed by atoms with Gasteiger partial charge in [-0.25, -0.2) is 0 Å². The van der Waals surface area contributed by atoms with Crippen LogP contribution in [0.3, 0.4) is 0 Å². The molecule has 2 aromatic carbocycles. The summed E-state index contributed by atoms with van der Waals surface area (Å²) < 4.78 is 5.69. The average molecular weight is 451 g/mol. The van der Waals surface area contributed by atoms with Crippen molar-refractivity contribution in [2.24, 2.45) is 0 Å². The molecule has 0 aromatic heterocycles. The lowest BCUT2D eigenvalue weighted by molar-refractivity contribution is -0.139. The molecule has 1 atom stereocenters. The van der Waals surface area contributed by atoms with Gasteiger partial charge < -0.3 is 19.6 Å². The van der Waals surface area contributed by atoms with Gasteiger partial charge in [-0.3, -0.25) is 9.59 Å². The topological polar surface area (TPSA) is 70.1 Å². The van der Waals surface area contributed by atoms with E-state index in [2.05, 4.69) is 6.92 Å². The van der Waals surface area contributed by atoms with Gasteiger partial charge in [-0.15, -0.1) is 0 Å². The summed E-state index contributed by atoms with van der Waals surface area (Å²) >= 11 is 0. The molecule has 33 heavy (non-hydrogen) atoms. The van der Waals surface area contributed by atoms with E-state index < -0.39 is 17.7 Å². The van der Waals surface area contributed by atoms with E-state index in [4.69, 9.17) is 4.74 Å². The van der Waals surface area contributed by atoms with Gasteiger partial charge in [0, 0.05) is 12.1 Å². The lowest BCUT2D eigenvalue weighted by atomic mass is 9.94. The van der Waals surface area contributed by atoms with E-state index in [1.165, 1.54) is 5.56 Å². The Morgan fingerprint density at radius 1 is 1.09 bits per heavy atom. The summed E-state index contributed by atoms with van der Waals surface area (Å²) in [5, 5.41) is 11.2. The quantitative estimate of drug-likeness (QED) is 0.330. The first-order chi connectivity index (χ1) is 15.9. The summed E-state index contributed by atoms with van der Waals surface area (Å²) in [6.45, 7) is 5.88. The summed E-state index contributed by atoms with van der Waals surface area (Å²) in [5.74, 6) is -0.778. The van der Waals surface area contributed by atoms with Crippen molar-refractivity contribution >= 4 is 17.4 Å². The highest BCUT2D eigenvalue weighted by molar-refractivity contribution is 6.46. The molecule has 1 aliphatic heterocycles. The molecule has 1 unspecified atom stereocenters. The third kappa shape index (κ3) is 5.63. The summed E-state index contributed by atoms with van der Waals surface area (Å²) in [4.78, 5) is 29.8. The number of hydrogen-bond acceptors (Lipinski definition) is 5. The number of rotatable bonds is 10. The van der Waals surface area contributed by atoms with Gasteiger partial charge >= 0.3 is 0 Å². The fourth-order valence-electron chi connectivity index (χ4n) is 4.06. The summed E-state index contributed by atoms with van der Waals surface area (Å²) in [5.41, 5.74) is 2.58. The summed E-state index contributed by atoms with van der Waals surface area (Å²) in [6, 6.07) is 14.3. The predicted molar refractivity (Wildman–Crippen MR) is 130 cm³/mol. The fraction of sp³-hybridized carbons (Fsp3) is 0.407. The molecule has 6 nitrogen and oxygen atoms in total. The summed E-state index contributed by atoms with van der Waals surface area (Å²) in [7, 11) is 3.95. The van der Waals surface area contributed by atoms with Gasteiger partial charge in [0.05, 0.1) is 18.2 Å². The lowest BCUT2D eigenvalue weighted by Crippen LogP contribution is -2.32. The van der Waals surface area contributed by atoms with Crippen molar-refractivity contribution in [2.75, 3.05) is 33.8 Å². The van der Waals surface area contributed by atoms with E-state index in [0.717, 1.165) is 31.4 Å². The van der Waals surface area contributed by atoms with Crippen molar-refractivity contribution in [2.45, 2.75) is 39.2 Å². The third-order valence-electron chi connectivity index (χ3n) is 5.83. The monoisotopic (exact) mass is 450 g/mol. The standard InChI is InChI=1S/C27H34N2O4/c1-5-17-33-22-10-7-9-21(18-22)25(30)23-24(20-13-11-19(6-2)12-14-20)29(27(32)26(23)31)16-8-15-28(3)4/h7,9-14,18,24,30H,5-6,8,15-17H2,1-4H3/b25-23-. The van der Waals surface area contributed by atoms with Gasteiger partial charge in [0.1, 0.15) is 11.5 Å². The van der Waals surface area contributed by atoms with Crippen LogP contribution in [0.1, 0.15) is 49.4 Å². The molecule has 1 N–H and O–H groups in total. The minimum atomic E-state index is -0.651. The van der Waals surface area contributed by atoms with Crippen LogP contribution in [0, 0.1) is 0 Å².